The predicted molar refractivity (Wildman–Crippen MR) is 503 cm³/mol. The van der Waals surface area contributed by atoms with Gasteiger partial charge in [0.1, 0.15) is 13.2 Å². The molecular formula is C103H124N10O9Si2. The lowest BCUT2D eigenvalue weighted by Crippen LogP contribution is -2.67. The number of piperidine rings is 2. The number of aliphatic hydroxyl groups excluding tert-OH is 1. The number of anilines is 2. The molecule has 8 aromatic carbocycles. The molecule has 16 rings (SSSR count). The minimum absolute atomic E-state index is 0.0523. The van der Waals surface area contributed by atoms with E-state index in [4.69, 9.17) is 23.1 Å². The number of aromatic nitrogens is 4. The summed E-state index contributed by atoms with van der Waals surface area (Å²) in [6.07, 6.45) is 9.73. The van der Waals surface area contributed by atoms with Crippen molar-refractivity contribution in [1.82, 2.24) is 39.2 Å². The van der Waals surface area contributed by atoms with E-state index in [0.29, 0.717) is 50.1 Å². The molecule has 0 saturated carbocycles. The zero-order chi connectivity index (χ0) is 86.8. The lowest BCUT2D eigenvalue weighted by atomic mass is 9.88. The third-order valence-electron chi connectivity index (χ3n) is 25.2. The number of nitrogens with one attached hydrogen (secondary N) is 1. The van der Waals surface area contributed by atoms with E-state index in [1.54, 1.807) is 4.90 Å². The van der Waals surface area contributed by atoms with Crippen LogP contribution < -0.4 is 35.9 Å². The first-order valence-corrected chi connectivity index (χ1v) is 48.2. The third kappa shape index (κ3) is 21.4. The summed E-state index contributed by atoms with van der Waals surface area (Å²) in [7, 11) is -5.88. The van der Waals surface area contributed by atoms with Crippen molar-refractivity contribution in [2.45, 2.75) is 154 Å². The van der Waals surface area contributed by atoms with Gasteiger partial charge in [0, 0.05) is 100 Å². The summed E-state index contributed by atoms with van der Waals surface area (Å²) in [5.74, 6) is -0.0218. The average Bonchev–Trinajstić information content (AvgIpc) is 0.977. The molecule has 0 radical (unpaired) electrons. The second-order valence-electron chi connectivity index (χ2n) is 35.8. The summed E-state index contributed by atoms with van der Waals surface area (Å²) in [4.78, 5) is 52.0. The Labute approximate surface area is 735 Å². The highest BCUT2D eigenvalue weighted by atomic mass is 28.4. The van der Waals surface area contributed by atoms with E-state index in [1.807, 2.05) is 161 Å². The van der Waals surface area contributed by atoms with Crippen molar-refractivity contribution in [1.29, 1.82) is 0 Å². The van der Waals surface area contributed by atoms with Crippen molar-refractivity contribution >= 4 is 77.8 Å². The molecule has 648 valence electrons. The first-order chi connectivity index (χ1) is 60.0. The number of esters is 2. The Kier molecular flexibility index (Phi) is 29.8. The molecule has 4 fully saturated rings. The van der Waals surface area contributed by atoms with Crippen molar-refractivity contribution in [2.75, 3.05) is 102 Å². The number of carbonyl (C=O) groups excluding carboxylic acids is 3. The van der Waals surface area contributed by atoms with E-state index in [2.05, 4.69) is 232 Å². The number of amides is 1. The molecule has 0 spiro atoms. The minimum atomic E-state index is -3.07. The van der Waals surface area contributed by atoms with E-state index >= 15 is 0 Å². The number of hydrogen-bond donors (Lipinski definition) is 2. The number of carbonyl (C=O) groups is 3. The number of hydrogen-bond acceptors (Lipinski definition) is 16. The molecule has 4 saturated heterocycles. The first-order valence-electron chi connectivity index (χ1n) is 44.4. The van der Waals surface area contributed by atoms with Crippen LogP contribution in [0.25, 0.3) is 33.3 Å². The Bertz CT molecular complexity index is 5280. The molecule has 12 aromatic rings. The van der Waals surface area contributed by atoms with E-state index in [0.717, 1.165) is 93.5 Å². The van der Waals surface area contributed by atoms with Crippen molar-refractivity contribution in [3.8, 4) is 22.3 Å². The van der Waals surface area contributed by atoms with Crippen LogP contribution in [0.1, 0.15) is 129 Å². The smallest absolute Gasteiger partial charge is 0.410 e. The zero-order valence-corrected chi connectivity index (χ0v) is 75.9. The van der Waals surface area contributed by atoms with Crippen LogP contribution in [0, 0.1) is 0 Å². The van der Waals surface area contributed by atoms with Crippen molar-refractivity contribution < 1.29 is 42.6 Å². The van der Waals surface area contributed by atoms with E-state index in [9.17, 15) is 19.5 Å². The minimum Gasteiger partial charge on any atom is -0.459 e. The normalized spacial score (nSPS) is 16.0. The summed E-state index contributed by atoms with van der Waals surface area (Å²) in [6.45, 7) is 33.0. The molecule has 2 N–H and O–H groups in total. The molecule has 0 bridgehead atoms. The molecule has 124 heavy (non-hydrogen) atoms. The fraction of sp³-hybridized carbons (Fsp3) is 0.369. The average molecular weight is 1700 g/mol. The molecule has 8 heterocycles. The molecule has 4 aliphatic rings. The maximum absolute atomic E-state index is 14.0. The molecule has 2 atom stereocenters. The van der Waals surface area contributed by atoms with Gasteiger partial charge in [-0.25, -0.2) is 23.4 Å². The zero-order valence-electron chi connectivity index (χ0n) is 73.9. The summed E-state index contributed by atoms with van der Waals surface area (Å²) in [5.41, 5.74) is 14.0. The Balaban J connectivity index is 0.000000170. The molecular weight excluding hydrogens is 1580 g/mol. The lowest BCUT2D eigenvalue weighted by molar-refractivity contribution is -0.157. The van der Waals surface area contributed by atoms with Gasteiger partial charge in [0.2, 0.25) is 6.10 Å². The first kappa shape index (κ1) is 89.4. The predicted octanol–water partition coefficient (Wildman–Crippen LogP) is 16.2. The fourth-order valence-electron chi connectivity index (χ4n) is 18.3. The highest BCUT2D eigenvalue weighted by Crippen LogP contribution is 2.41. The third-order valence-corrected chi connectivity index (χ3v) is 35.2. The number of piperazine rings is 2. The van der Waals surface area contributed by atoms with Gasteiger partial charge in [-0.05, 0) is 180 Å². The van der Waals surface area contributed by atoms with Gasteiger partial charge in [-0.2, -0.15) is 10.2 Å². The number of likely N-dealkylation sites (tertiary alicyclic amines) is 2. The van der Waals surface area contributed by atoms with Gasteiger partial charge in [-0.1, -0.05) is 272 Å². The number of benzene rings is 8. The van der Waals surface area contributed by atoms with E-state index in [1.165, 1.54) is 72.2 Å². The second kappa shape index (κ2) is 41.3. The fourth-order valence-corrected chi connectivity index (χ4v) is 27.4. The number of aliphatic hydroxyl groups is 1. The summed E-state index contributed by atoms with van der Waals surface area (Å²) in [5, 5.41) is 26.9. The monoisotopic (exact) mass is 1700 g/mol. The highest BCUT2D eigenvalue weighted by Gasteiger charge is 2.53. The Hall–Kier alpha value is -10.9. The van der Waals surface area contributed by atoms with Crippen LogP contribution in [0.3, 0.4) is 0 Å². The number of fused-ring (bicyclic) bond motifs is 2. The Morgan fingerprint density at radius 1 is 0.427 bits per heavy atom. The standard InChI is InChI=1S/C52H61N5O5Si.C26H30O4Si.C25H33N5/c1-39(2)54-29-26-43(27-30-54)41-21-23-42(24-22-41)44-35-48-47(25-28-53-57(48)36-44)55-31-33-56(34-32-55)51(59)62-49(50(58)60-37-40-15-9-6-10-16-40)38-61-63(52(3,4)5,45-17-11-7-12-18-45)46-19-13-8-14-20-46;1-26(2,3)31(22-15-9-5-10-16-22,23-17-11-6-12-18-23)30-20-24(27)25(28)29-19-21-13-7-4-8-14-21;1-19(2)28-13-8-22(9-14-28)20-3-5-21(6-4-20)23-17-25-24(7-10-27-30(25)18-23)29-15-11-26-12-16-29/h6-25,28,35-36,39,43,49H,26-27,29-34,37-38H2,1-5H3;4-18,24,27H,19-20H2,1-3H3;3-7,10,17-19,22,26H,8-9,11-16H2,1-2H3. The number of nitrogens with zero attached hydrogens (tertiary/aromatic N) is 9. The quantitative estimate of drug-likeness (QED) is 0.0313. The molecule has 0 aliphatic carbocycles. The van der Waals surface area contributed by atoms with Crippen LogP contribution in [0.5, 0.6) is 0 Å². The molecule has 4 aromatic heterocycles. The lowest BCUT2D eigenvalue weighted by Gasteiger charge is -2.43. The Morgan fingerprint density at radius 3 is 1.15 bits per heavy atom. The van der Waals surface area contributed by atoms with Gasteiger partial charge in [0.05, 0.1) is 35.6 Å². The van der Waals surface area contributed by atoms with Crippen molar-refractivity contribution in [2.24, 2.45) is 0 Å². The van der Waals surface area contributed by atoms with Crippen LogP contribution in [0.15, 0.2) is 280 Å². The topological polar surface area (TPSA) is 180 Å². The SMILES string of the molecule is CC(C)(C)[Si](OCC(O)C(=O)OCc1ccccc1)(c1ccccc1)c1ccccc1.CC(C)N1CCC(c2ccc(-c3cc4c(N5CCN(C(=O)OC(CO[Si](c6ccccc6)(c6ccccc6)C(C)(C)C)C(=O)OCc6ccccc6)CC5)ccnn4c3)cc2)CC1.CC(C)N1CCC(c2ccc(-c3cc4c(N5CCNCC5)ccnn4c3)cc2)CC1. The van der Waals surface area contributed by atoms with Gasteiger partial charge in [0.25, 0.3) is 16.6 Å². The second-order valence-corrected chi connectivity index (χ2v) is 44.4. The van der Waals surface area contributed by atoms with Crippen LogP contribution >= 0.6 is 0 Å². The number of rotatable bonds is 25. The summed E-state index contributed by atoms with van der Waals surface area (Å²) >= 11 is 0. The largest absolute Gasteiger partial charge is 0.459 e. The summed E-state index contributed by atoms with van der Waals surface area (Å²) in [6, 6.07) is 87.9. The van der Waals surface area contributed by atoms with Crippen LogP contribution in [-0.4, -0.2) is 190 Å². The van der Waals surface area contributed by atoms with Crippen LogP contribution in [-0.2, 0) is 45.9 Å². The van der Waals surface area contributed by atoms with E-state index in [-0.39, 0.29) is 36.5 Å². The maximum atomic E-state index is 14.0. The van der Waals surface area contributed by atoms with Crippen molar-refractivity contribution in [3.05, 3.63) is 302 Å². The molecule has 4 aliphatic heterocycles. The van der Waals surface area contributed by atoms with Crippen LogP contribution in [0.4, 0.5) is 16.2 Å². The number of ether oxygens (including phenoxy) is 3. The highest BCUT2D eigenvalue weighted by molar-refractivity contribution is 7.00. The van der Waals surface area contributed by atoms with Gasteiger partial charge in [0.15, 0.2) is 6.10 Å². The maximum Gasteiger partial charge on any atom is 0.410 e. The summed E-state index contributed by atoms with van der Waals surface area (Å²) < 4.78 is 34.9. The van der Waals surface area contributed by atoms with Gasteiger partial charge in [-0.3, -0.25) is 0 Å². The molecule has 19 nitrogen and oxygen atoms in total. The molecule has 2 unspecified atom stereocenters. The van der Waals surface area contributed by atoms with Gasteiger partial charge >= 0.3 is 18.0 Å². The van der Waals surface area contributed by atoms with Crippen LogP contribution in [0.2, 0.25) is 10.1 Å². The van der Waals surface area contributed by atoms with Gasteiger partial charge < -0.3 is 58.0 Å². The Morgan fingerprint density at radius 2 is 0.782 bits per heavy atom. The molecule has 1 amide bonds. The van der Waals surface area contributed by atoms with E-state index < -0.39 is 46.9 Å². The van der Waals surface area contributed by atoms with Gasteiger partial charge in [-0.15, -0.1) is 0 Å². The molecule has 21 heteroatoms. The van der Waals surface area contributed by atoms with Crippen molar-refractivity contribution in [3.63, 3.8) is 0 Å².